The van der Waals surface area contributed by atoms with Crippen LogP contribution in [0.5, 0.6) is 0 Å². The molecule has 46 valence electrons. The fraction of sp³-hybridized carbons (Fsp3) is 0.667. The molecule has 1 aliphatic rings. The monoisotopic (exact) mass is 112 g/mol. The molecular formula is C6H12N2. The van der Waals surface area contributed by atoms with E-state index in [9.17, 15) is 0 Å². The Balaban J connectivity index is 2.74. The number of hydrogen-bond donors (Lipinski definition) is 2. The van der Waals surface area contributed by atoms with Gasteiger partial charge in [-0.1, -0.05) is 13.8 Å². The second-order valence-electron chi connectivity index (χ2n) is 2.49. The van der Waals surface area contributed by atoms with E-state index in [0.717, 1.165) is 11.4 Å². The van der Waals surface area contributed by atoms with Gasteiger partial charge in [-0.15, -0.1) is 0 Å². The minimum atomic E-state index is 0.509. The molecule has 0 heterocycles. The summed E-state index contributed by atoms with van der Waals surface area (Å²) in [5, 5.41) is 0. The third-order valence-corrected chi connectivity index (χ3v) is 2.06. The van der Waals surface area contributed by atoms with Gasteiger partial charge in [0.2, 0.25) is 0 Å². The minimum absolute atomic E-state index is 0.509. The molecular weight excluding hydrogens is 100 g/mol. The number of nitrogens with two attached hydrogens (primary N) is 2. The summed E-state index contributed by atoms with van der Waals surface area (Å²) >= 11 is 0. The quantitative estimate of drug-likeness (QED) is 0.476. The van der Waals surface area contributed by atoms with Gasteiger partial charge >= 0.3 is 0 Å². The van der Waals surface area contributed by atoms with Gasteiger partial charge in [-0.05, 0) is 0 Å². The summed E-state index contributed by atoms with van der Waals surface area (Å²) in [5.74, 6) is 1.02. The molecule has 2 atom stereocenters. The molecule has 0 aromatic carbocycles. The summed E-state index contributed by atoms with van der Waals surface area (Å²) in [6.45, 7) is 4.19. The molecule has 0 saturated carbocycles. The summed E-state index contributed by atoms with van der Waals surface area (Å²) < 4.78 is 0. The molecule has 0 amide bonds. The maximum Gasteiger partial charge on any atom is 0.0309 e. The Bertz CT molecular complexity index is 121. The average Bonchev–Trinajstić information content (AvgIpc) is 1.83. The zero-order valence-electron chi connectivity index (χ0n) is 5.31. The predicted molar refractivity (Wildman–Crippen MR) is 33.7 cm³/mol. The van der Waals surface area contributed by atoms with Gasteiger partial charge in [-0.25, -0.2) is 0 Å². The van der Waals surface area contributed by atoms with Crippen LogP contribution >= 0.6 is 0 Å². The van der Waals surface area contributed by atoms with Crippen LogP contribution in [0.3, 0.4) is 0 Å². The standard InChI is InChI=1S/C6H12N2/c1-3-4(2)6(8)5(3)7/h3-4H,7-8H2,1-2H3. The number of hydrogen-bond acceptors (Lipinski definition) is 2. The molecule has 1 rings (SSSR count). The zero-order chi connectivity index (χ0) is 6.31. The third-order valence-electron chi connectivity index (χ3n) is 2.06. The molecule has 0 radical (unpaired) electrons. The van der Waals surface area contributed by atoms with E-state index in [1.54, 1.807) is 0 Å². The lowest BCUT2D eigenvalue weighted by Crippen LogP contribution is -2.35. The molecule has 2 unspecified atom stereocenters. The van der Waals surface area contributed by atoms with E-state index >= 15 is 0 Å². The fourth-order valence-corrected chi connectivity index (χ4v) is 0.968. The minimum Gasteiger partial charge on any atom is -0.400 e. The van der Waals surface area contributed by atoms with Crippen molar-refractivity contribution < 1.29 is 0 Å². The number of rotatable bonds is 0. The van der Waals surface area contributed by atoms with Crippen LogP contribution < -0.4 is 11.5 Å². The third kappa shape index (κ3) is 0.427. The predicted octanol–water partition coefficient (Wildman–Crippen LogP) is 0.401. The fourth-order valence-electron chi connectivity index (χ4n) is 0.968. The first kappa shape index (κ1) is 5.48. The highest BCUT2D eigenvalue weighted by Gasteiger charge is 2.29. The van der Waals surface area contributed by atoms with Crippen LogP contribution in [0, 0.1) is 11.8 Å². The van der Waals surface area contributed by atoms with Gasteiger partial charge < -0.3 is 11.5 Å². The van der Waals surface area contributed by atoms with Crippen molar-refractivity contribution in [3.8, 4) is 0 Å². The molecule has 0 spiro atoms. The molecule has 0 aromatic heterocycles. The summed E-state index contributed by atoms with van der Waals surface area (Å²) in [6, 6.07) is 0. The van der Waals surface area contributed by atoms with Crippen molar-refractivity contribution in [3.05, 3.63) is 11.4 Å². The van der Waals surface area contributed by atoms with Crippen molar-refractivity contribution in [2.24, 2.45) is 23.3 Å². The highest BCUT2D eigenvalue weighted by Crippen LogP contribution is 2.32. The Morgan fingerprint density at radius 2 is 1.25 bits per heavy atom. The largest absolute Gasteiger partial charge is 0.400 e. The average molecular weight is 112 g/mol. The van der Waals surface area contributed by atoms with E-state index in [4.69, 9.17) is 11.5 Å². The molecule has 0 fully saturated rings. The van der Waals surface area contributed by atoms with Gasteiger partial charge in [0, 0.05) is 23.2 Å². The van der Waals surface area contributed by atoms with Crippen molar-refractivity contribution >= 4 is 0 Å². The highest BCUT2D eigenvalue weighted by atomic mass is 14.8. The summed E-state index contributed by atoms with van der Waals surface area (Å²) in [4.78, 5) is 0. The van der Waals surface area contributed by atoms with E-state index in [1.807, 2.05) is 0 Å². The van der Waals surface area contributed by atoms with Crippen LogP contribution in [0.4, 0.5) is 0 Å². The molecule has 0 aromatic rings. The molecule has 4 N–H and O–H groups in total. The first-order chi connectivity index (χ1) is 3.64. The van der Waals surface area contributed by atoms with E-state index in [-0.39, 0.29) is 0 Å². The second kappa shape index (κ2) is 1.41. The Hall–Kier alpha value is -0.660. The van der Waals surface area contributed by atoms with Gasteiger partial charge in [0.25, 0.3) is 0 Å². The Labute approximate surface area is 49.5 Å². The van der Waals surface area contributed by atoms with Crippen molar-refractivity contribution in [2.75, 3.05) is 0 Å². The van der Waals surface area contributed by atoms with Crippen molar-refractivity contribution in [1.29, 1.82) is 0 Å². The SMILES string of the molecule is CC1C(N)=C(N)C1C. The van der Waals surface area contributed by atoms with E-state index in [2.05, 4.69) is 13.8 Å². The Morgan fingerprint density at radius 1 is 1.00 bits per heavy atom. The summed E-state index contributed by atoms with van der Waals surface area (Å²) in [5.41, 5.74) is 12.8. The van der Waals surface area contributed by atoms with Crippen LogP contribution in [0.1, 0.15) is 13.8 Å². The maximum atomic E-state index is 5.51. The van der Waals surface area contributed by atoms with Crippen molar-refractivity contribution in [2.45, 2.75) is 13.8 Å². The molecule has 0 bridgehead atoms. The highest BCUT2D eigenvalue weighted by molar-refractivity contribution is 5.25. The van der Waals surface area contributed by atoms with E-state index in [0.29, 0.717) is 11.8 Å². The zero-order valence-corrected chi connectivity index (χ0v) is 5.31. The smallest absolute Gasteiger partial charge is 0.0309 e. The van der Waals surface area contributed by atoms with Crippen LogP contribution in [0.2, 0.25) is 0 Å². The maximum absolute atomic E-state index is 5.51. The lowest BCUT2D eigenvalue weighted by atomic mass is 9.78. The molecule has 2 heteroatoms. The van der Waals surface area contributed by atoms with Crippen molar-refractivity contribution in [1.82, 2.24) is 0 Å². The van der Waals surface area contributed by atoms with Crippen LogP contribution in [0.15, 0.2) is 11.4 Å². The first-order valence-electron chi connectivity index (χ1n) is 2.89. The molecule has 8 heavy (non-hydrogen) atoms. The van der Waals surface area contributed by atoms with E-state index in [1.165, 1.54) is 0 Å². The molecule has 0 saturated heterocycles. The van der Waals surface area contributed by atoms with Crippen LogP contribution in [0.25, 0.3) is 0 Å². The Kier molecular flexibility index (Phi) is 0.962. The second-order valence-corrected chi connectivity index (χ2v) is 2.49. The van der Waals surface area contributed by atoms with Gasteiger partial charge in [-0.2, -0.15) is 0 Å². The summed E-state index contributed by atoms with van der Waals surface area (Å²) in [7, 11) is 0. The van der Waals surface area contributed by atoms with Gasteiger partial charge in [0.1, 0.15) is 0 Å². The molecule has 0 aliphatic heterocycles. The molecule has 2 nitrogen and oxygen atoms in total. The topological polar surface area (TPSA) is 52.0 Å². The summed E-state index contributed by atoms with van der Waals surface area (Å²) in [6.07, 6.45) is 0. The lowest BCUT2D eigenvalue weighted by Gasteiger charge is -2.32. The number of allylic oxidation sites excluding steroid dienone is 2. The van der Waals surface area contributed by atoms with Crippen LogP contribution in [-0.4, -0.2) is 0 Å². The Morgan fingerprint density at radius 3 is 1.38 bits per heavy atom. The van der Waals surface area contributed by atoms with Crippen molar-refractivity contribution in [3.63, 3.8) is 0 Å². The van der Waals surface area contributed by atoms with Gasteiger partial charge in [0.05, 0.1) is 0 Å². The van der Waals surface area contributed by atoms with Gasteiger partial charge in [0.15, 0.2) is 0 Å². The van der Waals surface area contributed by atoms with E-state index < -0.39 is 0 Å². The van der Waals surface area contributed by atoms with Crippen LogP contribution in [-0.2, 0) is 0 Å². The lowest BCUT2D eigenvalue weighted by molar-refractivity contribution is 0.415. The molecule has 1 aliphatic carbocycles. The van der Waals surface area contributed by atoms with Gasteiger partial charge in [-0.3, -0.25) is 0 Å². The first-order valence-corrected chi connectivity index (χ1v) is 2.89. The normalized spacial score (nSPS) is 37.2.